The van der Waals surface area contributed by atoms with Gasteiger partial charge in [-0.05, 0) is 43.8 Å². The summed E-state index contributed by atoms with van der Waals surface area (Å²) in [4.78, 5) is 12.0. The largest absolute Gasteiger partial charge is 0.313 e. The lowest BCUT2D eigenvalue weighted by atomic mass is 10.2. The number of Topliss-reactive ketones (excluding diaryl/α,β-unsaturated/α-hetero) is 1. The third kappa shape index (κ3) is 5.33. The maximum absolute atomic E-state index is 10.7. The second-order valence-corrected chi connectivity index (χ2v) is 4.71. The second kappa shape index (κ2) is 7.47. The number of hydrogen-bond acceptors (Lipinski definition) is 3. The fourth-order valence-electron chi connectivity index (χ4n) is 1.44. The van der Waals surface area contributed by atoms with Crippen LogP contribution in [0, 0.1) is 0 Å². The predicted octanol–water partition coefficient (Wildman–Crippen LogP) is 2.87. The third-order valence-corrected chi connectivity index (χ3v) is 3.11. The number of ketones is 1. The highest BCUT2D eigenvalue weighted by Gasteiger charge is 1.95. The van der Waals surface area contributed by atoms with E-state index in [4.69, 9.17) is 0 Å². The topological polar surface area (TPSA) is 29.1 Å². The van der Waals surface area contributed by atoms with Gasteiger partial charge in [0.2, 0.25) is 0 Å². The van der Waals surface area contributed by atoms with Crippen LogP contribution in [0.15, 0.2) is 29.2 Å². The Labute approximate surface area is 102 Å². The summed E-state index contributed by atoms with van der Waals surface area (Å²) in [7, 11) is 0. The van der Waals surface area contributed by atoms with Crippen molar-refractivity contribution in [2.75, 3.05) is 12.8 Å². The van der Waals surface area contributed by atoms with Crippen LogP contribution in [0.1, 0.15) is 25.3 Å². The number of benzene rings is 1. The van der Waals surface area contributed by atoms with Gasteiger partial charge in [0.05, 0.1) is 0 Å². The van der Waals surface area contributed by atoms with E-state index in [1.165, 1.54) is 10.5 Å². The molecule has 3 heteroatoms. The molecular weight excluding hydrogens is 218 g/mol. The number of rotatable bonds is 7. The van der Waals surface area contributed by atoms with Crippen molar-refractivity contribution in [2.45, 2.75) is 31.2 Å². The number of hydrogen-bond donors (Lipinski definition) is 1. The molecule has 0 aliphatic rings. The Bertz CT molecular complexity index is 321. The molecule has 0 saturated heterocycles. The Balaban J connectivity index is 2.19. The molecule has 0 radical (unpaired) electrons. The third-order valence-electron chi connectivity index (χ3n) is 2.37. The van der Waals surface area contributed by atoms with Crippen LogP contribution < -0.4 is 5.32 Å². The van der Waals surface area contributed by atoms with E-state index < -0.39 is 0 Å². The molecule has 1 aromatic carbocycles. The highest BCUT2D eigenvalue weighted by atomic mass is 32.2. The van der Waals surface area contributed by atoms with Crippen LogP contribution >= 0.6 is 11.8 Å². The first-order valence-electron chi connectivity index (χ1n) is 5.55. The highest BCUT2D eigenvalue weighted by Crippen LogP contribution is 2.14. The average molecular weight is 237 g/mol. The first-order valence-corrected chi connectivity index (χ1v) is 6.78. The van der Waals surface area contributed by atoms with Gasteiger partial charge in [-0.15, -0.1) is 11.8 Å². The molecule has 1 rings (SSSR count). The van der Waals surface area contributed by atoms with Crippen molar-refractivity contribution < 1.29 is 4.79 Å². The molecule has 2 nitrogen and oxygen atoms in total. The first-order chi connectivity index (χ1) is 7.72. The Hall–Kier alpha value is -0.800. The molecule has 0 spiro atoms. The maximum atomic E-state index is 10.7. The smallest absolute Gasteiger partial charge is 0.129 e. The summed E-state index contributed by atoms with van der Waals surface area (Å²) in [6.07, 6.45) is 3.69. The van der Waals surface area contributed by atoms with Gasteiger partial charge in [-0.25, -0.2) is 0 Å². The lowest BCUT2D eigenvalue weighted by Gasteiger charge is -2.04. The Morgan fingerprint density at radius 1 is 1.31 bits per heavy atom. The van der Waals surface area contributed by atoms with E-state index in [1.54, 1.807) is 18.7 Å². The van der Waals surface area contributed by atoms with Gasteiger partial charge in [0.15, 0.2) is 0 Å². The number of nitrogens with one attached hydrogen (secondary N) is 1. The van der Waals surface area contributed by atoms with Crippen molar-refractivity contribution in [3.63, 3.8) is 0 Å². The van der Waals surface area contributed by atoms with Crippen LogP contribution in [0.5, 0.6) is 0 Å². The van der Waals surface area contributed by atoms with E-state index >= 15 is 0 Å². The first kappa shape index (κ1) is 13.3. The van der Waals surface area contributed by atoms with Crippen molar-refractivity contribution in [2.24, 2.45) is 0 Å². The van der Waals surface area contributed by atoms with Crippen LogP contribution in [0.2, 0.25) is 0 Å². The SMILES string of the molecule is CSc1ccc(CNCCCC(C)=O)cc1. The minimum Gasteiger partial charge on any atom is -0.313 e. The van der Waals surface area contributed by atoms with E-state index in [9.17, 15) is 4.79 Å². The van der Waals surface area contributed by atoms with Crippen molar-refractivity contribution in [1.29, 1.82) is 0 Å². The lowest BCUT2D eigenvalue weighted by molar-refractivity contribution is -0.117. The van der Waals surface area contributed by atoms with Crippen LogP contribution in [0.4, 0.5) is 0 Å². The molecule has 0 heterocycles. The zero-order chi connectivity index (χ0) is 11.8. The van der Waals surface area contributed by atoms with Gasteiger partial charge in [0.25, 0.3) is 0 Å². The summed E-state index contributed by atoms with van der Waals surface area (Å²) in [6, 6.07) is 8.56. The second-order valence-electron chi connectivity index (χ2n) is 3.83. The van der Waals surface area contributed by atoms with Crippen LogP contribution in [-0.4, -0.2) is 18.6 Å². The van der Waals surface area contributed by atoms with Gasteiger partial charge < -0.3 is 10.1 Å². The van der Waals surface area contributed by atoms with Crippen molar-refractivity contribution in [3.05, 3.63) is 29.8 Å². The zero-order valence-electron chi connectivity index (χ0n) is 9.95. The normalized spacial score (nSPS) is 10.4. The molecule has 0 unspecified atom stereocenters. The standard InChI is InChI=1S/C13H19NOS/c1-11(15)4-3-9-14-10-12-5-7-13(16-2)8-6-12/h5-8,14H,3-4,9-10H2,1-2H3. The van der Waals surface area contributed by atoms with Crippen LogP contribution in [0.25, 0.3) is 0 Å². The van der Waals surface area contributed by atoms with Gasteiger partial charge in [-0.2, -0.15) is 0 Å². The van der Waals surface area contributed by atoms with E-state index in [0.717, 1.165) is 19.5 Å². The maximum Gasteiger partial charge on any atom is 0.129 e. The molecule has 0 aromatic heterocycles. The summed E-state index contributed by atoms with van der Waals surface area (Å²) in [5.41, 5.74) is 1.29. The molecule has 0 fully saturated rings. The highest BCUT2D eigenvalue weighted by molar-refractivity contribution is 7.98. The predicted molar refractivity (Wildman–Crippen MR) is 69.8 cm³/mol. The van der Waals surface area contributed by atoms with Gasteiger partial charge in [-0.1, -0.05) is 12.1 Å². The van der Waals surface area contributed by atoms with Gasteiger partial charge in [0.1, 0.15) is 5.78 Å². The zero-order valence-corrected chi connectivity index (χ0v) is 10.8. The van der Waals surface area contributed by atoms with Gasteiger partial charge in [-0.3, -0.25) is 0 Å². The van der Waals surface area contributed by atoms with E-state index in [2.05, 4.69) is 35.8 Å². The number of carbonyl (C=O) groups is 1. The van der Waals surface area contributed by atoms with Crippen molar-refractivity contribution in [3.8, 4) is 0 Å². The molecule has 0 aliphatic carbocycles. The molecular formula is C13H19NOS. The van der Waals surface area contributed by atoms with Crippen molar-refractivity contribution in [1.82, 2.24) is 5.32 Å². The molecule has 16 heavy (non-hydrogen) atoms. The van der Waals surface area contributed by atoms with Crippen molar-refractivity contribution >= 4 is 17.5 Å². The number of carbonyl (C=O) groups excluding carboxylic acids is 1. The Morgan fingerprint density at radius 3 is 2.56 bits per heavy atom. The minimum absolute atomic E-state index is 0.270. The molecule has 88 valence electrons. The molecule has 0 atom stereocenters. The molecule has 0 bridgehead atoms. The molecule has 0 amide bonds. The summed E-state index contributed by atoms with van der Waals surface area (Å²) in [5.74, 6) is 0.270. The average Bonchev–Trinajstić information content (AvgIpc) is 2.29. The molecule has 0 saturated carbocycles. The molecule has 0 aliphatic heterocycles. The van der Waals surface area contributed by atoms with E-state index in [1.807, 2.05) is 0 Å². The monoisotopic (exact) mass is 237 g/mol. The minimum atomic E-state index is 0.270. The van der Waals surface area contributed by atoms with E-state index in [0.29, 0.717) is 6.42 Å². The summed E-state index contributed by atoms with van der Waals surface area (Å²) >= 11 is 1.75. The lowest BCUT2D eigenvalue weighted by Crippen LogP contribution is -2.15. The Kier molecular flexibility index (Phi) is 6.19. The number of thioether (sulfide) groups is 1. The van der Waals surface area contributed by atoms with Crippen LogP contribution in [0.3, 0.4) is 0 Å². The fraction of sp³-hybridized carbons (Fsp3) is 0.462. The quantitative estimate of drug-likeness (QED) is 0.584. The summed E-state index contributed by atoms with van der Waals surface area (Å²) in [5, 5.41) is 3.34. The fourth-order valence-corrected chi connectivity index (χ4v) is 1.85. The Morgan fingerprint density at radius 2 is 2.00 bits per heavy atom. The van der Waals surface area contributed by atoms with Gasteiger partial charge >= 0.3 is 0 Å². The van der Waals surface area contributed by atoms with Gasteiger partial charge in [0, 0.05) is 17.9 Å². The van der Waals surface area contributed by atoms with E-state index in [-0.39, 0.29) is 5.78 Å². The molecule has 1 aromatic rings. The van der Waals surface area contributed by atoms with Crippen LogP contribution in [-0.2, 0) is 11.3 Å². The molecule has 1 N–H and O–H groups in total. The summed E-state index contributed by atoms with van der Waals surface area (Å²) < 4.78 is 0. The summed E-state index contributed by atoms with van der Waals surface area (Å²) in [6.45, 7) is 3.43.